The number of nitrogens with one attached hydrogen (secondary N) is 2. The van der Waals surface area contributed by atoms with Crippen LogP contribution in [0.15, 0.2) is 18.2 Å². The quantitative estimate of drug-likeness (QED) is 0.801. The van der Waals surface area contributed by atoms with Crippen molar-refractivity contribution in [3.63, 3.8) is 0 Å². The van der Waals surface area contributed by atoms with E-state index in [1.54, 1.807) is 6.07 Å². The topological polar surface area (TPSA) is 24.1 Å². The van der Waals surface area contributed by atoms with E-state index in [0.29, 0.717) is 15.8 Å². The van der Waals surface area contributed by atoms with Crippen LogP contribution in [-0.4, -0.2) is 11.7 Å². The fourth-order valence-corrected chi connectivity index (χ4v) is 1.42. The number of rotatable bonds is 3. The fraction of sp³-hybridized carbons (Fsp3) is 0.300. The molecular formula is C10H12ClFN2S. The van der Waals surface area contributed by atoms with Gasteiger partial charge >= 0.3 is 0 Å². The highest BCUT2D eigenvalue weighted by Gasteiger charge is 2.03. The lowest BCUT2D eigenvalue weighted by molar-refractivity contribution is 0.628. The zero-order valence-electron chi connectivity index (χ0n) is 8.31. The van der Waals surface area contributed by atoms with Gasteiger partial charge in [-0.15, -0.1) is 0 Å². The van der Waals surface area contributed by atoms with Crippen molar-refractivity contribution in [3.05, 3.63) is 29.0 Å². The fourth-order valence-electron chi connectivity index (χ4n) is 0.996. The molecule has 0 aromatic heterocycles. The van der Waals surface area contributed by atoms with Crippen LogP contribution in [0, 0.1) is 5.82 Å². The van der Waals surface area contributed by atoms with Crippen molar-refractivity contribution in [1.29, 1.82) is 0 Å². The van der Waals surface area contributed by atoms with Gasteiger partial charge in [0.05, 0.1) is 10.7 Å². The minimum absolute atomic E-state index is 0.315. The van der Waals surface area contributed by atoms with Gasteiger partial charge in [-0.05, 0) is 36.8 Å². The Bertz CT molecular complexity index is 357. The van der Waals surface area contributed by atoms with Gasteiger partial charge in [0.1, 0.15) is 5.82 Å². The Balaban J connectivity index is 2.60. The molecule has 0 amide bonds. The van der Waals surface area contributed by atoms with E-state index in [-0.39, 0.29) is 5.82 Å². The first-order valence-electron chi connectivity index (χ1n) is 4.63. The molecule has 0 bridgehead atoms. The second-order valence-electron chi connectivity index (χ2n) is 3.01. The molecule has 1 aromatic carbocycles. The molecule has 0 atom stereocenters. The predicted octanol–water partition coefficient (Wildman–Crippen LogP) is 3.18. The van der Waals surface area contributed by atoms with Crippen molar-refractivity contribution in [3.8, 4) is 0 Å². The van der Waals surface area contributed by atoms with Gasteiger partial charge in [-0.1, -0.05) is 18.5 Å². The van der Waals surface area contributed by atoms with Gasteiger partial charge in [0.15, 0.2) is 5.11 Å². The van der Waals surface area contributed by atoms with Gasteiger partial charge in [-0.25, -0.2) is 4.39 Å². The molecular weight excluding hydrogens is 235 g/mol. The van der Waals surface area contributed by atoms with E-state index in [2.05, 4.69) is 10.6 Å². The largest absolute Gasteiger partial charge is 0.362 e. The molecule has 0 fully saturated rings. The maximum absolute atomic E-state index is 12.7. The predicted molar refractivity (Wildman–Crippen MR) is 65.9 cm³/mol. The lowest BCUT2D eigenvalue weighted by Gasteiger charge is -2.10. The van der Waals surface area contributed by atoms with E-state index in [4.69, 9.17) is 23.8 Å². The van der Waals surface area contributed by atoms with E-state index < -0.39 is 0 Å². The average Bonchev–Trinajstić information content (AvgIpc) is 2.19. The normalized spacial score (nSPS) is 9.80. The molecule has 0 spiro atoms. The van der Waals surface area contributed by atoms with Crippen LogP contribution in [0.4, 0.5) is 10.1 Å². The second-order valence-corrected chi connectivity index (χ2v) is 3.82. The summed E-state index contributed by atoms with van der Waals surface area (Å²) in [5.41, 5.74) is 0.603. The minimum Gasteiger partial charge on any atom is -0.362 e. The van der Waals surface area contributed by atoms with E-state index in [1.807, 2.05) is 6.92 Å². The third-order valence-corrected chi connectivity index (χ3v) is 2.27. The van der Waals surface area contributed by atoms with Crippen molar-refractivity contribution in [2.45, 2.75) is 13.3 Å². The number of thiocarbonyl (C=S) groups is 1. The lowest BCUT2D eigenvalue weighted by atomic mass is 10.3. The number of anilines is 1. The van der Waals surface area contributed by atoms with Crippen LogP contribution in [0.3, 0.4) is 0 Å². The monoisotopic (exact) mass is 246 g/mol. The summed E-state index contributed by atoms with van der Waals surface area (Å²) in [6, 6.07) is 4.13. The summed E-state index contributed by atoms with van der Waals surface area (Å²) in [5, 5.41) is 6.69. The molecule has 0 aliphatic heterocycles. The smallest absolute Gasteiger partial charge is 0.170 e. The molecule has 15 heavy (non-hydrogen) atoms. The Kier molecular flexibility index (Phi) is 4.78. The Morgan fingerprint density at radius 2 is 2.27 bits per heavy atom. The molecule has 0 saturated heterocycles. The van der Waals surface area contributed by atoms with Crippen LogP contribution in [-0.2, 0) is 0 Å². The second kappa shape index (κ2) is 5.88. The Morgan fingerprint density at radius 3 is 2.87 bits per heavy atom. The van der Waals surface area contributed by atoms with E-state index >= 15 is 0 Å². The molecule has 0 saturated carbocycles. The minimum atomic E-state index is -0.363. The van der Waals surface area contributed by atoms with E-state index in [9.17, 15) is 4.39 Å². The van der Waals surface area contributed by atoms with Crippen molar-refractivity contribution >= 4 is 34.6 Å². The summed E-state index contributed by atoms with van der Waals surface area (Å²) < 4.78 is 12.7. The average molecular weight is 247 g/mol. The van der Waals surface area contributed by atoms with Crippen LogP contribution in [0.1, 0.15) is 13.3 Å². The van der Waals surface area contributed by atoms with Gasteiger partial charge in [0.25, 0.3) is 0 Å². The van der Waals surface area contributed by atoms with Gasteiger partial charge in [0.2, 0.25) is 0 Å². The summed E-state index contributed by atoms with van der Waals surface area (Å²) in [7, 11) is 0. The lowest BCUT2D eigenvalue weighted by Crippen LogP contribution is -2.28. The van der Waals surface area contributed by atoms with Gasteiger partial charge in [-0.2, -0.15) is 0 Å². The molecule has 0 aliphatic carbocycles. The summed E-state index contributed by atoms with van der Waals surface area (Å²) in [5.74, 6) is -0.363. The van der Waals surface area contributed by atoms with Crippen molar-refractivity contribution in [1.82, 2.24) is 5.32 Å². The van der Waals surface area contributed by atoms with Gasteiger partial charge in [0, 0.05) is 6.54 Å². The maximum Gasteiger partial charge on any atom is 0.170 e. The van der Waals surface area contributed by atoms with E-state index in [0.717, 1.165) is 13.0 Å². The summed E-state index contributed by atoms with van der Waals surface area (Å²) in [6.45, 7) is 2.84. The third-order valence-electron chi connectivity index (χ3n) is 1.71. The molecule has 0 unspecified atom stereocenters. The number of hydrogen-bond acceptors (Lipinski definition) is 1. The van der Waals surface area contributed by atoms with Gasteiger partial charge in [-0.3, -0.25) is 0 Å². The zero-order valence-corrected chi connectivity index (χ0v) is 9.88. The van der Waals surface area contributed by atoms with Gasteiger partial charge < -0.3 is 10.6 Å². The van der Waals surface area contributed by atoms with Crippen LogP contribution in [0.25, 0.3) is 0 Å². The summed E-state index contributed by atoms with van der Waals surface area (Å²) in [4.78, 5) is 0. The molecule has 1 aromatic rings. The maximum atomic E-state index is 12.7. The van der Waals surface area contributed by atoms with Crippen LogP contribution in [0.2, 0.25) is 5.02 Å². The summed E-state index contributed by atoms with van der Waals surface area (Å²) >= 11 is 10.8. The van der Waals surface area contributed by atoms with Crippen LogP contribution >= 0.6 is 23.8 Å². The first-order chi connectivity index (χ1) is 7.13. The number of benzene rings is 1. The third kappa shape index (κ3) is 4.01. The highest BCUT2D eigenvalue weighted by atomic mass is 35.5. The molecule has 82 valence electrons. The molecule has 0 aliphatic rings. The molecule has 0 radical (unpaired) electrons. The van der Waals surface area contributed by atoms with Crippen molar-refractivity contribution in [2.75, 3.05) is 11.9 Å². The number of hydrogen-bond donors (Lipinski definition) is 2. The van der Waals surface area contributed by atoms with Crippen molar-refractivity contribution < 1.29 is 4.39 Å². The Hall–Kier alpha value is -0.870. The Labute approximate surface area is 98.8 Å². The summed E-state index contributed by atoms with van der Waals surface area (Å²) in [6.07, 6.45) is 0.985. The molecule has 1 rings (SSSR count). The molecule has 2 nitrogen and oxygen atoms in total. The molecule has 0 heterocycles. The van der Waals surface area contributed by atoms with Crippen LogP contribution in [0.5, 0.6) is 0 Å². The SMILES string of the molecule is CCCNC(=S)Nc1ccc(F)cc1Cl. The molecule has 5 heteroatoms. The van der Waals surface area contributed by atoms with Crippen LogP contribution < -0.4 is 10.6 Å². The van der Waals surface area contributed by atoms with Crippen molar-refractivity contribution in [2.24, 2.45) is 0 Å². The highest BCUT2D eigenvalue weighted by molar-refractivity contribution is 7.80. The number of halogens is 2. The Morgan fingerprint density at radius 1 is 1.53 bits per heavy atom. The zero-order chi connectivity index (χ0) is 11.3. The highest BCUT2D eigenvalue weighted by Crippen LogP contribution is 2.22. The first kappa shape index (κ1) is 12.2. The first-order valence-corrected chi connectivity index (χ1v) is 5.42. The van der Waals surface area contributed by atoms with E-state index in [1.165, 1.54) is 12.1 Å². The molecule has 2 N–H and O–H groups in total. The standard InChI is InChI=1S/C10H12ClFN2S/c1-2-5-13-10(15)14-9-4-3-7(12)6-8(9)11/h3-4,6H,2,5H2,1H3,(H2,13,14,15).